The normalized spacial score (nSPS) is 11.1. The lowest BCUT2D eigenvalue weighted by Gasteiger charge is -2.01. The highest BCUT2D eigenvalue weighted by molar-refractivity contribution is 6.35. The number of H-pyrrole nitrogens is 1. The van der Waals surface area contributed by atoms with E-state index in [0.717, 1.165) is 5.56 Å². The topological polar surface area (TPSA) is 53.4 Å². The molecule has 1 heterocycles. The molecule has 1 N–H and O–H groups in total. The average molecular weight is 255 g/mol. The van der Waals surface area contributed by atoms with Gasteiger partial charge >= 0.3 is 0 Å². The maximum Gasteiger partial charge on any atom is 0.246 e. The molecular formula is C10H8Cl2N4. The van der Waals surface area contributed by atoms with Crippen LogP contribution in [-0.2, 0) is 6.54 Å². The Hall–Kier alpha value is -1.39. The summed E-state index contributed by atoms with van der Waals surface area (Å²) in [5.74, 6) is 0.461. The zero-order valence-electron chi connectivity index (χ0n) is 8.19. The third-order valence-electron chi connectivity index (χ3n) is 1.94. The van der Waals surface area contributed by atoms with E-state index in [0.29, 0.717) is 22.5 Å². The number of hydrogen-bond donors (Lipinski definition) is 1. The number of nitrogens with one attached hydrogen (secondary N) is 1. The molecule has 6 heteroatoms. The number of halogens is 2. The van der Waals surface area contributed by atoms with Crippen LogP contribution in [0.2, 0.25) is 10.0 Å². The lowest BCUT2D eigenvalue weighted by atomic mass is 10.2. The summed E-state index contributed by atoms with van der Waals surface area (Å²) in [6.45, 7) is 0.333. The van der Waals surface area contributed by atoms with E-state index in [4.69, 9.17) is 23.2 Å². The Balaban J connectivity index is 2.10. The van der Waals surface area contributed by atoms with Crippen molar-refractivity contribution in [3.63, 3.8) is 0 Å². The maximum atomic E-state index is 5.98. The second kappa shape index (κ2) is 5.09. The van der Waals surface area contributed by atoms with Gasteiger partial charge < -0.3 is 4.98 Å². The summed E-state index contributed by atoms with van der Waals surface area (Å²) in [4.78, 5) is 6.73. The maximum absolute atomic E-state index is 5.98. The largest absolute Gasteiger partial charge is 0.328 e. The van der Waals surface area contributed by atoms with E-state index in [1.807, 2.05) is 0 Å². The molecule has 2 aromatic rings. The molecule has 0 amide bonds. The van der Waals surface area contributed by atoms with Crippen LogP contribution in [0.5, 0.6) is 0 Å². The molecule has 0 unspecified atom stereocenters. The number of hydrogen-bond acceptors (Lipinski definition) is 3. The highest BCUT2D eigenvalue weighted by atomic mass is 35.5. The van der Waals surface area contributed by atoms with Gasteiger partial charge in [0.1, 0.15) is 0 Å². The van der Waals surface area contributed by atoms with Gasteiger partial charge in [-0.15, -0.1) is 5.11 Å². The van der Waals surface area contributed by atoms with Crippen LogP contribution in [0.25, 0.3) is 0 Å². The van der Waals surface area contributed by atoms with Gasteiger partial charge in [0, 0.05) is 28.0 Å². The van der Waals surface area contributed by atoms with Gasteiger partial charge in [-0.25, -0.2) is 4.98 Å². The standard InChI is InChI=1S/C10H8Cl2N4/c11-8-2-1-3-9(12)7(8)6-15-16-10-13-4-5-14-10/h1-5H,6H2,(H,13,14). The Morgan fingerprint density at radius 2 is 2.00 bits per heavy atom. The van der Waals surface area contributed by atoms with Crippen LogP contribution in [-0.4, -0.2) is 9.97 Å². The molecule has 0 bridgehead atoms. The zero-order chi connectivity index (χ0) is 11.4. The molecule has 1 aromatic heterocycles. The molecule has 0 aliphatic carbocycles. The predicted molar refractivity (Wildman–Crippen MR) is 63.3 cm³/mol. The number of azo groups is 1. The van der Waals surface area contributed by atoms with Gasteiger partial charge in [0.15, 0.2) is 0 Å². The van der Waals surface area contributed by atoms with Gasteiger partial charge in [-0.05, 0) is 12.1 Å². The second-order valence-electron chi connectivity index (χ2n) is 3.01. The van der Waals surface area contributed by atoms with E-state index in [1.165, 1.54) is 0 Å². The van der Waals surface area contributed by atoms with Crippen molar-refractivity contribution in [2.75, 3.05) is 0 Å². The lowest BCUT2D eigenvalue weighted by Crippen LogP contribution is -1.84. The smallest absolute Gasteiger partial charge is 0.246 e. The van der Waals surface area contributed by atoms with E-state index in [-0.39, 0.29) is 0 Å². The van der Waals surface area contributed by atoms with E-state index >= 15 is 0 Å². The van der Waals surface area contributed by atoms with Crippen LogP contribution in [0.3, 0.4) is 0 Å². The molecule has 4 nitrogen and oxygen atoms in total. The van der Waals surface area contributed by atoms with E-state index in [2.05, 4.69) is 20.2 Å². The third-order valence-corrected chi connectivity index (χ3v) is 2.65. The fourth-order valence-electron chi connectivity index (χ4n) is 1.17. The number of imidazole rings is 1. The van der Waals surface area contributed by atoms with Crippen molar-refractivity contribution in [3.05, 3.63) is 46.2 Å². The summed E-state index contributed by atoms with van der Waals surface area (Å²) >= 11 is 12.0. The second-order valence-corrected chi connectivity index (χ2v) is 3.83. The van der Waals surface area contributed by atoms with Crippen molar-refractivity contribution in [2.45, 2.75) is 6.54 Å². The average Bonchev–Trinajstić information content (AvgIpc) is 2.75. The Bertz CT molecular complexity index is 473. The summed E-state index contributed by atoms with van der Waals surface area (Å²) in [7, 11) is 0. The monoisotopic (exact) mass is 254 g/mol. The van der Waals surface area contributed by atoms with Crippen molar-refractivity contribution < 1.29 is 0 Å². The first-order valence-corrected chi connectivity index (χ1v) is 5.33. The molecule has 0 spiro atoms. The summed E-state index contributed by atoms with van der Waals surface area (Å²) in [5, 5.41) is 9.03. The molecule has 0 fully saturated rings. The van der Waals surface area contributed by atoms with Crippen molar-refractivity contribution in [1.29, 1.82) is 0 Å². The Labute approximate surface area is 102 Å². The first-order valence-electron chi connectivity index (χ1n) is 4.57. The predicted octanol–water partition coefficient (Wildman–Crippen LogP) is 4.00. The zero-order valence-corrected chi connectivity index (χ0v) is 9.70. The van der Waals surface area contributed by atoms with Crippen LogP contribution in [0.1, 0.15) is 5.56 Å². The van der Waals surface area contributed by atoms with E-state index in [9.17, 15) is 0 Å². The van der Waals surface area contributed by atoms with Gasteiger partial charge in [0.05, 0.1) is 6.54 Å². The first-order chi connectivity index (χ1) is 7.77. The molecule has 0 aliphatic rings. The molecule has 82 valence electrons. The number of rotatable bonds is 3. The van der Waals surface area contributed by atoms with Gasteiger partial charge in [-0.1, -0.05) is 29.3 Å². The summed E-state index contributed by atoms with van der Waals surface area (Å²) in [6.07, 6.45) is 3.29. The summed E-state index contributed by atoms with van der Waals surface area (Å²) in [5.41, 5.74) is 0.765. The Morgan fingerprint density at radius 3 is 2.62 bits per heavy atom. The first kappa shape index (κ1) is 11.1. The minimum Gasteiger partial charge on any atom is -0.328 e. The minimum atomic E-state index is 0.333. The molecule has 0 radical (unpaired) electrons. The fourth-order valence-corrected chi connectivity index (χ4v) is 1.69. The lowest BCUT2D eigenvalue weighted by molar-refractivity contribution is 0.938. The molecule has 1 aromatic carbocycles. The van der Waals surface area contributed by atoms with Crippen LogP contribution in [0, 0.1) is 0 Å². The molecule has 2 rings (SSSR count). The molecule has 0 atom stereocenters. The number of aromatic amines is 1. The fraction of sp³-hybridized carbons (Fsp3) is 0.100. The third kappa shape index (κ3) is 2.59. The van der Waals surface area contributed by atoms with Crippen LogP contribution >= 0.6 is 23.2 Å². The van der Waals surface area contributed by atoms with Gasteiger partial charge in [-0.3, -0.25) is 0 Å². The highest BCUT2D eigenvalue weighted by Crippen LogP contribution is 2.25. The number of nitrogens with zero attached hydrogens (tertiary/aromatic N) is 3. The van der Waals surface area contributed by atoms with Gasteiger partial charge in [-0.2, -0.15) is 5.11 Å². The quantitative estimate of drug-likeness (QED) is 0.828. The summed E-state index contributed by atoms with van der Waals surface area (Å²) < 4.78 is 0. The number of benzene rings is 1. The molecule has 0 saturated carbocycles. The van der Waals surface area contributed by atoms with Crippen molar-refractivity contribution in [2.24, 2.45) is 10.2 Å². The van der Waals surface area contributed by atoms with Gasteiger partial charge in [0.2, 0.25) is 5.95 Å². The molecular weight excluding hydrogens is 247 g/mol. The molecule has 0 aliphatic heterocycles. The van der Waals surface area contributed by atoms with Crippen molar-refractivity contribution >= 4 is 29.2 Å². The highest BCUT2D eigenvalue weighted by Gasteiger charge is 2.03. The molecule has 0 saturated heterocycles. The Morgan fingerprint density at radius 1 is 1.25 bits per heavy atom. The van der Waals surface area contributed by atoms with Crippen LogP contribution in [0.4, 0.5) is 5.95 Å². The van der Waals surface area contributed by atoms with Crippen molar-refractivity contribution in [3.8, 4) is 0 Å². The van der Waals surface area contributed by atoms with Crippen molar-refractivity contribution in [1.82, 2.24) is 9.97 Å². The van der Waals surface area contributed by atoms with Gasteiger partial charge in [0.25, 0.3) is 0 Å². The van der Waals surface area contributed by atoms with E-state index < -0.39 is 0 Å². The minimum absolute atomic E-state index is 0.333. The molecule has 16 heavy (non-hydrogen) atoms. The SMILES string of the molecule is Clc1cccc(Cl)c1CN=Nc1ncc[nH]1. The Kier molecular flexibility index (Phi) is 3.54. The van der Waals surface area contributed by atoms with Crippen LogP contribution in [0.15, 0.2) is 40.8 Å². The number of aromatic nitrogens is 2. The van der Waals surface area contributed by atoms with E-state index in [1.54, 1.807) is 30.6 Å². The summed E-state index contributed by atoms with van der Waals surface area (Å²) in [6, 6.07) is 5.33. The van der Waals surface area contributed by atoms with Crippen LogP contribution < -0.4 is 0 Å².